The molecular formula is C27H30N2O5. The van der Waals surface area contributed by atoms with E-state index in [9.17, 15) is 9.59 Å². The first kappa shape index (κ1) is 22.6. The van der Waals surface area contributed by atoms with E-state index in [1.807, 2.05) is 71.6 Å². The number of esters is 1. The zero-order valence-corrected chi connectivity index (χ0v) is 19.6. The molecule has 34 heavy (non-hydrogen) atoms. The van der Waals surface area contributed by atoms with Gasteiger partial charge in [-0.15, -0.1) is 0 Å². The quantitative estimate of drug-likeness (QED) is 0.496. The fourth-order valence-corrected chi connectivity index (χ4v) is 5.72. The number of likely N-dealkylation sites (tertiary alicyclic amines) is 1. The van der Waals surface area contributed by atoms with Crippen molar-refractivity contribution in [3.63, 3.8) is 0 Å². The predicted octanol–water partition coefficient (Wildman–Crippen LogP) is 4.04. The van der Waals surface area contributed by atoms with E-state index in [1.165, 1.54) is 12.2 Å². The highest BCUT2D eigenvalue weighted by Gasteiger charge is 2.54. The molecule has 0 unspecified atom stereocenters. The van der Waals surface area contributed by atoms with Crippen LogP contribution in [0.5, 0.6) is 0 Å². The molecule has 0 saturated carbocycles. The topological polar surface area (TPSA) is 68.3 Å². The molecule has 3 aliphatic heterocycles. The second-order valence-electron chi connectivity index (χ2n) is 9.07. The van der Waals surface area contributed by atoms with Crippen LogP contribution in [0.1, 0.15) is 36.8 Å². The molecule has 0 spiro atoms. The van der Waals surface area contributed by atoms with Crippen molar-refractivity contribution >= 4 is 12.0 Å². The summed E-state index contributed by atoms with van der Waals surface area (Å²) in [5.74, 6) is -0.488. The van der Waals surface area contributed by atoms with Crippen LogP contribution >= 0.6 is 0 Å². The van der Waals surface area contributed by atoms with Crippen molar-refractivity contribution in [1.82, 2.24) is 9.96 Å². The Bertz CT molecular complexity index is 1030. The molecule has 7 nitrogen and oxygen atoms in total. The van der Waals surface area contributed by atoms with Crippen LogP contribution in [-0.4, -0.2) is 60.4 Å². The summed E-state index contributed by atoms with van der Waals surface area (Å²) in [6, 6.07) is 19.4. The summed E-state index contributed by atoms with van der Waals surface area (Å²) in [7, 11) is 3.04. The highest BCUT2D eigenvalue weighted by atomic mass is 16.7. The van der Waals surface area contributed by atoms with E-state index in [2.05, 4.69) is 0 Å². The third kappa shape index (κ3) is 3.42. The monoisotopic (exact) mass is 462 g/mol. The Balaban J connectivity index is 1.53. The van der Waals surface area contributed by atoms with Crippen molar-refractivity contribution in [2.24, 2.45) is 0 Å². The molecule has 2 fully saturated rings. The molecule has 2 amide bonds. The number of fused-ring (bicyclic) bond motifs is 2. The summed E-state index contributed by atoms with van der Waals surface area (Å²) >= 11 is 0. The fourth-order valence-electron chi connectivity index (χ4n) is 5.72. The minimum absolute atomic E-state index is 0.217. The molecule has 178 valence electrons. The first-order valence-electron chi connectivity index (χ1n) is 11.8. The number of nitrogens with zero attached hydrogens (tertiary/aromatic N) is 2. The summed E-state index contributed by atoms with van der Waals surface area (Å²) in [5.41, 5.74) is -0.119. The normalized spacial score (nSPS) is 26.1. The summed E-state index contributed by atoms with van der Waals surface area (Å²) in [5, 5.41) is 1.37. The van der Waals surface area contributed by atoms with E-state index in [4.69, 9.17) is 14.3 Å². The van der Waals surface area contributed by atoms with Crippen LogP contribution < -0.4 is 0 Å². The highest BCUT2D eigenvalue weighted by molar-refractivity contribution is 5.84. The van der Waals surface area contributed by atoms with E-state index in [0.717, 1.165) is 24.0 Å². The molecule has 2 saturated heterocycles. The number of hydrogen-bond donors (Lipinski definition) is 0. The molecule has 2 bridgehead atoms. The minimum Gasteiger partial charge on any atom is -0.467 e. The molecule has 6 rings (SSSR count). The average molecular weight is 463 g/mol. The Kier molecular flexibility index (Phi) is 5.91. The maximum absolute atomic E-state index is 14.0. The smallest absolute Gasteiger partial charge is 0.344 e. The molecule has 7 heteroatoms. The standard InChI is InChI=1S/C27H30N2O5/c1-32-24(30)26-17-15-22(16-18-26)29(34-26)25(31)28-19-9-14-23(28)27(33-2,20-10-5-3-6-11-20)21-12-7-4-8-13-21/h3-8,10-13,15,17,22-23H,9,14,16,18-19H2,1-2H3/t22-,23+,26+/m0/s1. The number of carbonyl (C=O) groups excluding carboxylic acids is 2. The van der Waals surface area contributed by atoms with Gasteiger partial charge in [0.25, 0.3) is 0 Å². The van der Waals surface area contributed by atoms with E-state index in [-0.39, 0.29) is 18.1 Å². The van der Waals surface area contributed by atoms with Crippen LogP contribution in [0.25, 0.3) is 0 Å². The van der Waals surface area contributed by atoms with Gasteiger partial charge in [0.15, 0.2) is 0 Å². The van der Waals surface area contributed by atoms with Gasteiger partial charge in [-0.3, -0.25) is 0 Å². The van der Waals surface area contributed by atoms with Gasteiger partial charge >= 0.3 is 12.0 Å². The van der Waals surface area contributed by atoms with Crippen LogP contribution in [0.3, 0.4) is 0 Å². The Morgan fingerprint density at radius 1 is 1.00 bits per heavy atom. The molecule has 2 aromatic rings. The number of carbonyl (C=O) groups is 2. The molecule has 1 aliphatic carbocycles. The average Bonchev–Trinajstić information content (AvgIpc) is 3.40. The number of benzene rings is 2. The van der Waals surface area contributed by atoms with E-state index in [0.29, 0.717) is 19.4 Å². The Labute approximate surface area is 199 Å². The molecule has 0 N–H and O–H groups in total. The van der Waals surface area contributed by atoms with Gasteiger partial charge < -0.3 is 14.4 Å². The molecule has 4 aliphatic rings. The van der Waals surface area contributed by atoms with Crippen molar-refractivity contribution in [3.05, 3.63) is 83.9 Å². The Morgan fingerprint density at radius 2 is 1.65 bits per heavy atom. The first-order chi connectivity index (χ1) is 16.6. The number of ether oxygens (including phenoxy) is 2. The number of urea groups is 1. The van der Waals surface area contributed by atoms with E-state index >= 15 is 0 Å². The summed E-state index contributed by atoms with van der Waals surface area (Å²) in [6.07, 6.45) is 6.36. The predicted molar refractivity (Wildman–Crippen MR) is 126 cm³/mol. The summed E-state index contributed by atoms with van der Waals surface area (Å²) < 4.78 is 11.3. The van der Waals surface area contributed by atoms with Crippen LogP contribution in [0.2, 0.25) is 0 Å². The molecular weight excluding hydrogens is 432 g/mol. The zero-order chi connectivity index (χ0) is 23.8. The van der Waals surface area contributed by atoms with Crippen LogP contribution in [0, 0.1) is 0 Å². The van der Waals surface area contributed by atoms with Gasteiger partial charge in [-0.05, 0) is 42.9 Å². The largest absolute Gasteiger partial charge is 0.467 e. The lowest BCUT2D eigenvalue weighted by atomic mass is 9.78. The highest BCUT2D eigenvalue weighted by Crippen LogP contribution is 2.45. The van der Waals surface area contributed by atoms with Gasteiger partial charge in [-0.1, -0.05) is 66.7 Å². The van der Waals surface area contributed by atoms with Crippen molar-refractivity contribution in [2.45, 2.75) is 49.0 Å². The molecule has 2 aromatic carbocycles. The molecule has 3 heterocycles. The third-order valence-corrected chi connectivity index (χ3v) is 7.38. The minimum atomic E-state index is -1.24. The summed E-state index contributed by atoms with van der Waals surface area (Å²) in [6.45, 7) is 0.579. The third-order valence-electron chi connectivity index (χ3n) is 7.38. The number of hydrogen-bond acceptors (Lipinski definition) is 5. The number of amides is 2. The summed E-state index contributed by atoms with van der Waals surface area (Å²) in [4.78, 5) is 34.4. The van der Waals surface area contributed by atoms with Crippen molar-refractivity contribution in [1.29, 1.82) is 0 Å². The van der Waals surface area contributed by atoms with E-state index in [1.54, 1.807) is 13.2 Å². The van der Waals surface area contributed by atoms with Gasteiger partial charge in [0.1, 0.15) is 5.60 Å². The van der Waals surface area contributed by atoms with Crippen molar-refractivity contribution in [2.75, 3.05) is 20.8 Å². The van der Waals surface area contributed by atoms with Crippen molar-refractivity contribution < 1.29 is 23.9 Å². The zero-order valence-electron chi connectivity index (χ0n) is 19.6. The van der Waals surface area contributed by atoms with Gasteiger partial charge in [0.05, 0.1) is 19.2 Å². The second-order valence-corrected chi connectivity index (χ2v) is 9.07. The maximum Gasteiger partial charge on any atom is 0.344 e. The molecule has 0 radical (unpaired) electrons. The number of rotatable bonds is 5. The van der Waals surface area contributed by atoms with Crippen LogP contribution in [0.15, 0.2) is 72.8 Å². The Morgan fingerprint density at radius 3 is 2.18 bits per heavy atom. The van der Waals surface area contributed by atoms with Crippen LogP contribution in [-0.2, 0) is 24.7 Å². The SMILES string of the molecule is COC(=O)[C@@]12C=C[C@@H](CC1)N(C(=O)N1CCC[C@@H]1C(OC)(c1ccccc1)c1ccccc1)O2. The van der Waals surface area contributed by atoms with Gasteiger partial charge in [-0.2, -0.15) is 5.06 Å². The van der Waals surface area contributed by atoms with Crippen molar-refractivity contribution in [3.8, 4) is 0 Å². The van der Waals surface area contributed by atoms with E-state index < -0.39 is 17.2 Å². The van der Waals surface area contributed by atoms with Gasteiger partial charge in [0, 0.05) is 13.7 Å². The molecule has 0 aromatic heterocycles. The first-order valence-corrected chi connectivity index (χ1v) is 11.8. The number of hydroxylamine groups is 2. The van der Waals surface area contributed by atoms with Crippen LogP contribution in [0.4, 0.5) is 4.79 Å². The molecule has 3 atom stereocenters. The maximum atomic E-state index is 14.0. The lowest BCUT2D eigenvalue weighted by Gasteiger charge is -2.49. The second kappa shape index (κ2) is 8.89. The lowest BCUT2D eigenvalue weighted by molar-refractivity contribution is -0.254. The fraction of sp³-hybridized carbons (Fsp3) is 0.407. The Hall–Kier alpha value is -3.16. The lowest BCUT2D eigenvalue weighted by Crippen LogP contribution is -2.62. The van der Waals surface area contributed by atoms with Gasteiger partial charge in [0.2, 0.25) is 5.60 Å². The number of methoxy groups -OCH3 is 2. The van der Waals surface area contributed by atoms with Gasteiger partial charge in [-0.25, -0.2) is 14.4 Å².